The molecule has 94 valence electrons. The van der Waals surface area contributed by atoms with E-state index in [4.69, 9.17) is 9.84 Å². The third-order valence-electron chi connectivity index (χ3n) is 2.40. The minimum atomic E-state index is -1.15. The molecule has 0 atom stereocenters. The van der Waals surface area contributed by atoms with Crippen molar-refractivity contribution >= 4 is 22.7 Å². The molecule has 1 aromatic carbocycles. The molecule has 0 bridgehead atoms. The smallest absolute Gasteiger partial charge is 0.329 e. The number of aliphatic carboxylic acids is 1. The van der Waals surface area contributed by atoms with Gasteiger partial charge in [0.15, 0.2) is 5.78 Å². The summed E-state index contributed by atoms with van der Waals surface area (Å²) in [5.41, 5.74) is 0.924. The lowest BCUT2D eigenvalue weighted by Gasteiger charge is -2.00. The number of fused-ring (bicyclic) bond motifs is 1. The van der Waals surface area contributed by atoms with Crippen molar-refractivity contribution in [3.63, 3.8) is 0 Å². The minimum absolute atomic E-state index is 0.287. The van der Waals surface area contributed by atoms with Crippen LogP contribution >= 0.6 is 0 Å². The number of hydrogen-bond donors (Lipinski definition) is 2. The van der Waals surface area contributed by atoms with Crippen LogP contribution in [-0.4, -0.2) is 35.1 Å². The Morgan fingerprint density at radius 1 is 1.33 bits per heavy atom. The van der Waals surface area contributed by atoms with Crippen LogP contribution in [0.1, 0.15) is 10.4 Å². The summed E-state index contributed by atoms with van der Waals surface area (Å²) in [6.45, 7) is -0.891. The highest BCUT2D eigenvalue weighted by Crippen LogP contribution is 2.19. The first kappa shape index (κ1) is 12.3. The Balaban J connectivity index is 2.17. The van der Waals surface area contributed by atoms with Crippen molar-refractivity contribution in [2.24, 2.45) is 0 Å². The molecule has 0 unspecified atom stereocenters. The molecule has 0 saturated heterocycles. The molecule has 0 amide bonds. The Morgan fingerprint density at radius 2 is 2.11 bits per heavy atom. The Hall–Kier alpha value is -2.21. The summed E-state index contributed by atoms with van der Waals surface area (Å²) in [6, 6.07) is 4.06. The van der Waals surface area contributed by atoms with Gasteiger partial charge in [-0.3, -0.25) is 4.79 Å². The second kappa shape index (κ2) is 4.97. The molecular formula is C12H10FNO4. The van der Waals surface area contributed by atoms with Gasteiger partial charge in [-0.05, 0) is 18.2 Å². The van der Waals surface area contributed by atoms with Crippen molar-refractivity contribution in [2.45, 2.75) is 0 Å². The van der Waals surface area contributed by atoms with Crippen molar-refractivity contribution in [1.29, 1.82) is 0 Å². The summed E-state index contributed by atoms with van der Waals surface area (Å²) in [5, 5.41) is 8.83. The number of carbonyl (C=O) groups is 2. The van der Waals surface area contributed by atoms with E-state index in [1.54, 1.807) is 0 Å². The first-order chi connectivity index (χ1) is 8.58. The molecule has 5 nitrogen and oxygen atoms in total. The van der Waals surface area contributed by atoms with Crippen LogP contribution in [0, 0.1) is 5.82 Å². The number of carbonyl (C=O) groups excluding carboxylic acids is 1. The summed E-state index contributed by atoms with van der Waals surface area (Å²) in [5.74, 6) is -1.98. The molecule has 1 heterocycles. The van der Waals surface area contributed by atoms with Crippen molar-refractivity contribution in [2.75, 3.05) is 13.2 Å². The van der Waals surface area contributed by atoms with Gasteiger partial charge >= 0.3 is 5.97 Å². The fraction of sp³-hybridized carbons (Fsp3) is 0.167. The zero-order valence-corrected chi connectivity index (χ0v) is 9.27. The number of aromatic nitrogens is 1. The highest BCUT2D eigenvalue weighted by Gasteiger charge is 2.13. The molecule has 18 heavy (non-hydrogen) atoms. The number of carboxylic acids is 1. The van der Waals surface area contributed by atoms with Crippen LogP contribution in [0.5, 0.6) is 0 Å². The Bertz CT molecular complexity index is 605. The van der Waals surface area contributed by atoms with E-state index in [1.165, 1.54) is 24.4 Å². The number of hydrogen-bond acceptors (Lipinski definition) is 3. The highest BCUT2D eigenvalue weighted by atomic mass is 19.1. The molecule has 0 spiro atoms. The molecular weight excluding hydrogens is 241 g/mol. The Morgan fingerprint density at radius 3 is 2.83 bits per heavy atom. The highest BCUT2D eigenvalue weighted by molar-refractivity contribution is 6.08. The third kappa shape index (κ3) is 2.54. The molecule has 2 aromatic rings. The maximum Gasteiger partial charge on any atom is 0.329 e. The molecule has 2 N–H and O–H groups in total. The van der Waals surface area contributed by atoms with Crippen molar-refractivity contribution in [1.82, 2.24) is 4.98 Å². The quantitative estimate of drug-likeness (QED) is 0.791. The molecule has 0 aliphatic rings. The van der Waals surface area contributed by atoms with Gasteiger partial charge in [0.2, 0.25) is 0 Å². The largest absolute Gasteiger partial charge is 0.480 e. The van der Waals surface area contributed by atoms with Crippen LogP contribution < -0.4 is 0 Å². The molecule has 0 saturated carbocycles. The van der Waals surface area contributed by atoms with Crippen LogP contribution in [0.25, 0.3) is 10.9 Å². The van der Waals surface area contributed by atoms with Crippen LogP contribution in [0.2, 0.25) is 0 Å². The van der Waals surface area contributed by atoms with Gasteiger partial charge in [0.05, 0.1) is 0 Å². The maximum absolute atomic E-state index is 13.1. The molecule has 0 radical (unpaired) electrons. The third-order valence-corrected chi connectivity index (χ3v) is 2.40. The van der Waals surface area contributed by atoms with Crippen LogP contribution in [0.3, 0.4) is 0 Å². The zero-order chi connectivity index (χ0) is 13.1. The fourth-order valence-electron chi connectivity index (χ4n) is 1.63. The maximum atomic E-state index is 13.1. The van der Waals surface area contributed by atoms with Gasteiger partial charge in [-0.25, -0.2) is 9.18 Å². The van der Waals surface area contributed by atoms with E-state index in [9.17, 15) is 14.0 Å². The zero-order valence-electron chi connectivity index (χ0n) is 9.27. The number of rotatable bonds is 5. The molecule has 0 fully saturated rings. The standard InChI is InChI=1S/C12H10FNO4/c13-7-1-2-10-8(3-7)9(4-14-10)11(15)5-18-6-12(16)17/h1-4,14H,5-6H2,(H,16,17). The number of Topliss-reactive ketones (excluding diaryl/α,β-unsaturated/α-hetero) is 1. The average Bonchev–Trinajstić information content (AvgIpc) is 2.71. The lowest BCUT2D eigenvalue weighted by molar-refractivity contribution is -0.141. The topological polar surface area (TPSA) is 79.4 Å². The van der Waals surface area contributed by atoms with Gasteiger partial charge in [0.1, 0.15) is 19.0 Å². The summed E-state index contributed by atoms with van der Waals surface area (Å²) >= 11 is 0. The van der Waals surface area contributed by atoms with Gasteiger partial charge in [0.25, 0.3) is 0 Å². The lowest BCUT2D eigenvalue weighted by atomic mass is 10.1. The number of H-pyrrole nitrogens is 1. The normalized spacial score (nSPS) is 10.7. The van der Waals surface area contributed by atoms with Crippen LogP contribution in [-0.2, 0) is 9.53 Å². The van der Waals surface area contributed by atoms with Crippen LogP contribution in [0.15, 0.2) is 24.4 Å². The first-order valence-corrected chi connectivity index (χ1v) is 5.17. The molecule has 6 heteroatoms. The number of benzene rings is 1. The molecule has 0 aliphatic heterocycles. The first-order valence-electron chi connectivity index (χ1n) is 5.17. The molecule has 2 rings (SSSR count). The number of ether oxygens (including phenoxy) is 1. The van der Waals surface area contributed by atoms with Gasteiger partial charge in [0, 0.05) is 22.7 Å². The van der Waals surface area contributed by atoms with E-state index in [0.29, 0.717) is 10.9 Å². The van der Waals surface area contributed by atoms with E-state index >= 15 is 0 Å². The monoisotopic (exact) mass is 251 g/mol. The molecule has 0 aliphatic carbocycles. The molecule has 1 aromatic heterocycles. The predicted octanol–water partition coefficient (Wildman–Crippen LogP) is 1.59. The number of carboxylic acid groups (broad SMARTS) is 1. The van der Waals surface area contributed by atoms with Gasteiger partial charge in [-0.15, -0.1) is 0 Å². The van der Waals surface area contributed by atoms with Crippen molar-refractivity contribution in [3.8, 4) is 0 Å². The van der Waals surface area contributed by atoms with Crippen LogP contribution in [0.4, 0.5) is 4.39 Å². The summed E-state index contributed by atoms with van der Waals surface area (Å²) in [4.78, 5) is 24.8. The van der Waals surface area contributed by atoms with Gasteiger partial charge in [-0.2, -0.15) is 0 Å². The van der Waals surface area contributed by atoms with E-state index < -0.39 is 24.2 Å². The van der Waals surface area contributed by atoms with E-state index in [2.05, 4.69) is 4.98 Å². The number of nitrogens with one attached hydrogen (secondary N) is 1. The van der Waals surface area contributed by atoms with E-state index in [0.717, 1.165) is 0 Å². The number of ketones is 1. The lowest BCUT2D eigenvalue weighted by Crippen LogP contribution is -2.14. The number of aromatic amines is 1. The van der Waals surface area contributed by atoms with Gasteiger partial charge < -0.3 is 14.8 Å². The summed E-state index contributed by atoms with van der Waals surface area (Å²) in [6.07, 6.45) is 1.45. The Kier molecular flexibility index (Phi) is 3.38. The predicted molar refractivity (Wildman–Crippen MR) is 61.0 cm³/mol. The average molecular weight is 251 g/mol. The SMILES string of the molecule is O=C(O)COCC(=O)c1c[nH]c2ccc(F)cc12. The van der Waals surface area contributed by atoms with Gasteiger partial charge in [-0.1, -0.05) is 0 Å². The van der Waals surface area contributed by atoms with Crippen molar-refractivity contribution in [3.05, 3.63) is 35.8 Å². The van der Waals surface area contributed by atoms with Crippen molar-refractivity contribution < 1.29 is 23.8 Å². The Labute approximate surface area is 101 Å². The van der Waals surface area contributed by atoms with E-state index in [-0.39, 0.29) is 12.2 Å². The van der Waals surface area contributed by atoms with E-state index in [1.807, 2.05) is 0 Å². The second-order valence-electron chi connectivity index (χ2n) is 3.70. The minimum Gasteiger partial charge on any atom is -0.480 e. The fourth-order valence-corrected chi connectivity index (χ4v) is 1.63. The second-order valence-corrected chi connectivity index (χ2v) is 3.70. The number of halogens is 1. The summed E-state index contributed by atoms with van der Waals surface area (Å²) < 4.78 is 17.8. The summed E-state index contributed by atoms with van der Waals surface area (Å²) in [7, 11) is 0.